The largest absolute Gasteiger partial charge is 0.378 e. The molecule has 8 heteroatoms. The van der Waals surface area contributed by atoms with E-state index in [9.17, 15) is 0 Å². The molecule has 1 aromatic heterocycles. The summed E-state index contributed by atoms with van der Waals surface area (Å²) in [5.41, 5.74) is 2.47. The van der Waals surface area contributed by atoms with Gasteiger partial charge in [-0.1, -0.05) is 37.3 Å². The van der Waals surface area contributed by atoms with Gasteiger partial charge in [0.25, 0.3) is 0 Å². The first-order valence-corrected chi connectivity index (χ1v) is 11.9. The number of ether oxygens (including phenoxy) is 1. The zero-order valence-corrected chi connectivity index (χ0v) is 21.8. The molecule has 1 fully saturated rings. The van der Waals surface area contributed by atoms with Crippen LogP contribution in [0.3, 0.4) is 0 Å². The molecule has 3 rings (SSSR count). The van der Waals surface area contributed by atoms with Crippen molar-refractivity contribution in [3.05, 3.63) is 52.0 Å². The molecule has 0 bridgehead atoms. The highest BCUT2D eigenvalue weighted by atomic mass is 127. The summed E-state index contributed by atoms with van der Waals surface area (Å²) < 4.78 is 6.11. The molecule has 1 aliphatic rings. The van der Waals surface area contributed by atoms with Crippen molar-refractivity contribution in [3.8, 4) is 0 Å². The molecule has 1 aromatic carbocycles. The Morgan fingerprint density at radius 2 is 2.00 bits per heavy atom. The van der Waals surface area contributed by atoms with Crippen LogP contribution in [0.1, 0.15) is 42.5 Å². The molecule has 0 radical (unpaired) electrons. The first kappa shape index (κ1) is 26.0. The van der Waals surface area contributed by atoms with Gasteiger partial charge in [0.1, 0.15) is 0 Å². The number of likely N-dealkylation sites (tertiary alicyclic amines) is 1. The Bertz CT molecular complexity index is 762. The SMILES string of the molecule is CCc1nc(CNC(=NC)NCCCOC2CCN(Cc3ccccc3)CC2)cs1.I. The molecule has 172 valence electrons. The molecule has 0 saturated carbocycles. The predicted octanol–water partition coefficient (Wildman–Crippen LogP) is 4.06. The van der Waals surface area contributed by atoms with E-state index in [-0.39, 0.29) is 24.0 Å². The Balaban J connectivity index is 0.00000341. The highest BCUT2D eigenvalue weighted by Gasteiger charge is 2.19. The Labute approximate surface area is 207 Å². The summed E-state index contributed by atoms with van der Waals surface area (Å²) in [7, 11) is 1.80. The van der Waals surface area contributed by atoms with Crippen molar-refractivity contribution in [2.45, 2.75) is 51.8 Å². The maximum atomic E-state index is 6.11. The second-order valence-electron chi connectivity index (χ2n) is 7.62. The van der Waals surface area contributed by atoms with Crippen LogP contribution in [0.4, 0.5) is 0 Å². The summed E-state index contributed by atoms with van der Waals surface area (Å²) in [5.74, 6) is 0.815. The Morgan fingerprint density at radius 3 is 2.68 bits per heavy atom. The monoisotopic (exact) mass is 557 g/mol. The third-order valence-electron chi connectivity index (χ3n) is 5.31. The molecule has 2 N–H and O–H groups in total. The molecule has 0 atom stereocenters. The number of aliphatic imine (C=N–C) groups is 1. The van der Waals surface area contributed by atoms with E-state index in [1.54, 1.807) is 18.4 Å². The molecular weight excluding hydrogens is 521 g/mol. The van der Waals surface area contributed by atoms with Crippen molar-refractivity contribution in [2.75, 3.05) is 33.3 Å². The highest BCUT2D eigenvalue weighted by molar-refractivity contribution is 14.0. The topological polar surface area (TPSA) is 61.8 Å². The van der Waals surface area contributed by atoms with Crippen molar-refractivity contribution in [3.63, 3.8) is 0 Å². The molecular formula is C23H36IN5OS. The zero-order chi connectivity index (χ0) is 21.0. The summed E-state index contributed by atoms with van der Waals surface area (Å²) in [5, 5.41) is 9.97. The van der Waals surface area contributed by atoms with Crippen LogP contribution in [0, 0.1) is 0 Å². The lowest BCUT2D eigenvalue weighted by Gasteiger charge is -2.32. The van der Waals surface area contributed by atoms with Gasteiger partial charge in [-0.2, -0.15) is 0 Å². The van der Waals surface area contributed by atoms with Crippen LogP contribution in [0.25, 0.3) is 0 Å². The third-order valence-corrected chi connectivity index (χ3v) is 6.36. The average Bonchev–Trinajstić information content (AvgIpc) is 3.25. The minimum Gasteiger partial charge on any atom is -0.378 e. The summed E-state index contributed by atoms with van der Waals surface area (Å²) in [4.78, 5) is 11.4. The van der Waals surface area contributed by atoms with E-state index in [4.69, 9.17) is 4.74 Å². The standard InChI is InChI=1S/C23H35N5OS.HI/c1-3-22-27-20(18-30-22)16-26-23(24-2)25-12-7-15-29-21-10-13-28(14-11-21)17-19-8-5-4-6-9-19;/h4-6,8-9,18,21H,3,7,10-17H2,1-2H3,(H2,24,25,26);1H. The summed E-state index contributed by atoms with van der Waals surface area (Å²) in [6.45, 7) is 7.75. The molecule has 2 heterocycles. The smallest absolute Gasteiger partial charge is 0.191 e. The van der Waals surface area contributed by atoms with Gasteiger partial charge in [0.15, 0.2) is 5.96 Å². The van der Waals surface area contributed by atoms with Gasteiger partial charge in [0.2, 0.25) is 0 Å². The van der Waals surface area contributed by atoms with Crippen LogP contribution >= 0.6 is 35.3 Å². The van der Waals surface area contributed by atoms with Crippen molar-refractivity contribution in [1.82, 2.24) is 20.5 Å². The van der Waals surface area contributed by atoms with E-state index in [0.29, 0.717) is 12.6 Å². The number of piperidine rings is 1. The number of nitrogens with one attached hydrogen (secondary N) is 2. The molecule has 0 aliphatic carbocycles. The van der Waals surface area contributed by atoms with Gasteiger partial charge < -0.3 is 15.4 Å². The third kappa shape index (κ3) is 9.43. The number of hydrogen-bond acceptors (Lipinski definition) is 5. The minimum atomic E-state index is 0. The van der Waals surface area contributed by atoms with E-state index in [1.165, 1.54) is 10.6 Å². The molecule has 1 aliphatic heterocycles. The summed E-state index contributed by atoms with van der Waals surface area (Å²) >= 11 is 1.72. The Kier molecular flexibility index (Phi) is 12.4. The number of guanidine groups is 1. The van der Waals surface area contributed by atoms with Crippen molar-refractivity contribution in [1.29, 1.82) is 0 Å². The number of halogens is 1. The van der Waals surface area contributed by atoms with Gasteiger partial charge in [-0.05, 0) is 31.2 Å². The summed E-state index contributed by atoms with van der Waals surface area (Å²) in [6.07, 6.45) is 4.60. The van der Waals surface area contributed by atoms with Crippen LogP contribution in [-0.4, -0.2) is 55.2 Å². The lowest BCUT2D eigenvalue weighted by atomic mass is 10.1. The highest BCUT2D eigenvalue weighted by Crippen LogP contribution is 2.16. The van der Waals surface area contributed by atoms with Gasteiger partial charge in [-0.3, -0.25) is 9.89 Å². The fourth-order valence-electron chi connectivity index (χ4n) is 3.59. The number of aryl methyl sites for hydroxylation is 1. The van der Waals surface area contributed by atoms with E-state index in [1.807, 2.05) is 0 Å². The van der Waals surface area contributed by atoms with E-state index < -0.39 is 0 Å². The lowest BCUT2D eigenvalue weighted by molar-refractivity contribution is 0.00534. The molecule has 31 heavy (non-hydrogen) atoms. The molecule has 1 saturated heterocycles. The zero-order valence-electron chi connectivity index (χ0n) is 18.7. The normalized spacial score (nSPS) is 15.5. The quantitative estimate of drug-likeness (QED) is 0.200. The first-order valence-electron chi connectivity index (χ1n) is 11.0. The maximum Gasteiger partial charge on any atom is 0.191 e. The van der Waals surface area contributed by atoms with Gasteiger partial charge in [0.05, 0.1) is 23.4 Å². The number of hydrogen-bond donors (Lipinski definition) is 2. The van der Waals surface area contributed by atoms with Crippen LogP contribution in [0.5, 0.6) is 0 Å². The van der Waals surface area contributed by atoms with Crippen molar-refractivity contribution < 1.29 is 4.74 Å². The van der Waals surface area contributed by atoms with Crippen LogP contribution < -0.4 is 10.6 Å². The number of aromatic nitrogens is 1. The Morgan fingerprint density at radius 1 is 1.23 bits per heavy atom. The van der Waals surface area contributed by atoms with Gasteiger partial charge in [-0.15, -0.1) is 35.3 Å². The lowest BCUT2D eigenvalue weighted by Crippen LogP contribution is -2.38. The first-order chi connectivity index (χ1) is 14.8. The molecule has 0 unspecified atom stereocenters. The molecule has 0 spiro atoms. The van der Waals surface area contributed by atoms with E-state index in [2.05, 4.69) is 68.1 Å². The van der Waals surface area contributed by atoms with Gasteiger partial charge in [0, 0.05) is 45.2 Å². The van der Waals surface area contributed by atoms with Crippen LogP contribution in [0.15, 0.2) is 40.7 Å². The Hall–Kier alpha value is -1.23. The van der Waals surface area contributed by atoms with E-state index >= 15 is 0 Å². The van der Waals surface area contributed by atoms with Crippen molar-refractivity contribution in [2.24, 2.45) is 4.99 Å². The second-order valence-corrected chi connectivity index (χ2v) is 8.57. The molecule has 0 amide bonds. The second kappa shape index (κ2) is 14.8. The predicted molar refractivity (Wildman–Crippen MR) is 140 cm³/mol. The van der Waals surface area contributed by atoms with E-state index in [0.717, 1.165) is 70.1 Å². The number of rotatable bonds is 10. The van der Waals surface area contributed by atoms with Crippen LogP contribution in [-0.2, 0) is 24.2 Å². The number of benzene rings is 1. The van der Waals surface area contributed by atoms with Gasteiger partial charge >= 0.3 is 0 Å². The average molecular weight is 558 g/mol. The minimum absolute atomic E-state index is 0. The fraction of sp³-hybridized carbons (Fsp3) is 0.565. The van der Waals surface area contributed by atoms with Gasteiger partial charge in [-0.25, -0.2) is 4.98 Å². The number of thiazole rings is 1. The summed E-state index contributed by atoms with van der Waals surface area (Å²) in [6, 6.07) is 10.7. The van der Waals surface area contributed by atoms with Crippen molar-refractivity contribution >= 4 is 41.3 Å². The molecule has 2 aromatic rings. The van der Waals surface area contributed by atoms with Crippen LogP contribution in [0.2, 0.25) is 0 Å². The number of nitrogens with zero attached hydrogens (tertiary/aromatic N) is 3. The maximum absolute atomic E-state index is 6.11. The molecule has 6 nitrogen and oxygen atoms in total. The fourth-order valence-corrected chi connectivity index (χ4v) is 4.34.